The molecule has 3 aromatic rings. The van der Waals surface area contributed by atoms with Crippen LogP contribution in [0.3, 0.4) is 0 Å². The summed E-state index contributed by atoms with van der Waals surface area (Å²) < 4.78 is 5.27. The molecular weight excluding hydrogens is 340 g/mol. The molecule has 2 aromatic carbocycles. The highest BCUT2D eigenvalue weighted by atomic mass is 16.5. The van der Waals surface area contributed by atoms with E-state index in [1.165, 1.54) is 10.9 Å². The van der Waals surface area contributed by atoms with E-state index in [0.29, 0.717) is 6.42 Å². The van der Waals surface area contributed by atoms with Gasteiger partial charge in [0.05, 0.1) is 0 Å². The van der Waals surface area contributed by atoms with Crippen LogP contribution in [0.15, 0.2) is 54.7 Å². The Bertz CT molecular complexity index is 945. The third-order valence-electron chi connectivity index (χ3n) is 4.58. The van der Waals surface area contributed by atoms with Crippen molar-refractivity contribution in [1.82, 2.24) is 4.98 Å². The van der Waals surface area contributed by atoms with Crippen LogP contribution >= 0.6 is 0 Å². The Labute approximate surface area is 158 Å². The average Bonchev–Trinajstić information content (AvgIpc) is 3.07. The number of H-pyrrole nitrogens is 1. The van der Waals surface area contributed by atoms with Crippen LogP contribution in [0, 0.1) is 6.92 Å². The number of carbonyl (C=O) groups is 2. The molecule has 5 heteroatoms. The quantitative estimate of drug-likeness (QED) is 0.612. The number of para-hydroxylation sites is 2. The Hall–Kier alpha value is -3.08. The predicted octanol–water partition coefficient (Wildman–Crippen LogP) is 4.37. The second-order valence-electron chi connectivity index (χ2n) is 6.65. The number of hydrogen-bond acceptors (Lipinski definition) is 3. The number of aromatic amines is 1. The zero-order valence-corrected chi connectivity index (χ0v) is 15.6. The maximum atomic E-state index is 12.2. The normalized spacial score (nSPS) is 11.9. The number of aryl methyl sites for hydroxylation is 2. The lowest BCUT2D eigenvalue weighted by Gasteiger charge is -2.14. The van der Waals surface area contributed by atoms with Crippen molar-refractivity contribution in [2.24, 2.45) is 0 Å². The molecule has 1 atom stereocenters. The molecule has 1 amide bonds. The third kappa shape index (κ3) is 4.76. The highest BCUT2D eigenvalue weighted by Crippen LogP contribution is 2.19. The monoisotopic (exact) mass is 364 g/mol. The zero-order valence-electron chi connectivity index (χ0n) is 15.6. The van der Waals surface area contributed by atoms with Crippen molar-refractivity contribution in [3.8, 4) is 0 Å². The standard InChI is InChI=1S/C22H24N2O3/c1-15-8-3-5-11-19(15)24-22(26)16(2)27-21(25)13-7-9-17-14-23-20-12-6-4-10-18(17)20/h3-6,8,10-12,14,16,23H,7,9,13H2,1-2H3,(H,24,26). The van der Waals surface area contributed by atoms with E-state index >= 15 is 0 Å². The van der Waals surface area contributed by atoms with Gasteiger partial charge in [0.25, 0.3) is 5.91 Å². The van der Waals surface area contributed by atoms with Crippen molar-refractivity contribution in [3.63, 3.8) is 0 Å². The van der Waals surface area contributed by atoms with Gasteiger partial charge in [-0.3, -0.25) is 9.59 Å². The number of amides is 1. The molecule has 1 unspecified atom stereocenters. The van der Waals surface area contributed by atoms with Gasteiger partial charge in [-0.25, -0.2) is 0 Å². The topological polar surface area (TPSA) is 71.2 Å². The van der Waals surface area contributed by atoms with Gasteiger partial charge in [0.2, 0.25) is 0 Å². The van der Waals surface area contributed by atoms with Crippen LogP contribution in [-0.2, 0) is 20.7 Å². The molecule has 3 rings (SSSR count). The number of carbonyl (C=O) groups excluding carboxylic acids is 2. The van der Waals surface area contributed by atoms with Crippen molar-refractivity contribution in [2.45, 2.75) is 39.2 Å². The highest BCUT2D eigenvalue weighted by Gasteiger charge is 2.18. The lowest BCUT2D eigenvalue weighted by molar-refractivity contribution is -0.153. The van der Waals surface area contributed by atoms with Crippen LogP contribution in [0.4, 0.5) is 5.69 Å². The molecule has 0 spiro atoms. The summed E-state index contributed by atoms with van der Waals surface area (Å²) in [4.78, 5) is 27.5. The lowest BCUT2D eigenvalue weighted by atomic mass is 10.1. The number of benzene rings is 2. The van der Waals surface area contributed by atoms with Gasteiger partial charge in [0.15, 0.2) is 6.10 Å². The number of anilines is 1. The molecule has 0 bridgehead atoms. The van der Waals surface area contributed by atoms with Crippen LogP contribution in [-0.4, -0.2) is 23.0 Å². The average molecular weight is 364 g/mol. The zero-order chi connectivity index (χ0) is 19.2. The van der Waals surface area contributed by atoms with Crippen LogP contribution < -0.4 is 5.32 Å². The number of nitrogens with one attached hydrogen (secondary N) is 2. The van der Waals surface area contributed by atoms with Crippen LogP contribution in [0.1, 0.15) is 30.9 Å². The molecule has 0 fully saturated rings. The van der Waals surface area contributed by atoms with Gasteiger partial charge in [0.1, 0.15) is 0 Å². The number of rotatable bonds is 7. The van der Waals surface area contributed by atoms with Crippen LogP contribution in [0.5, 0.6) is 0 Å². The second kappa shape index (κ2) is 8.54. The molecule has 140 valence electrons. The summed E-state index contributed by atoms with van der Waals surface area (Å²) >= 11 is 0. The molecular formula is C22H24N2O3. The van der Waals surface area contributed by atoms with E-state index in [4.69, 9.17) is 4.74 Å². The van der Waals surface area contributed by atoms with Gasteiger partial charge in [-0.2, -0.15) is 0 Å². The largest absolute Gasteiger partial charge is 0.453 e. The van der Waals surface area contributed by atoms with E-state index in [9.17, 15) is 9.59 Å². The number of aromatic nitrogens is 1. The summed E-state index contributed by atoms with van der Waals surface area (Å²) in [5.41, 5.74) is 3.97. The molecule has 0 aliphatic heterocycles. The maximum Gasteiger partial charge on any atom is 0.306 e. The van der Waals surface area contributed by atoms with Crippen LogP contribution in [0.25, 0.3) is 10.9 Å². The number of fused-ring (bicyclic) bond motifs is 1. The predicted molar refractivity (Wildman–Crippen MR) is 107 cm³/mol. The van der Waals surface area contributed by atoms with Crippen molar-refractivity contribution >= 4 is 28.5 Å². The van der Waals surface area contributed by atoms with Crippen molar-refractivity contribution < 1.29 is 14.3 Å². The fourth-order valence-electron chi connectivity index (χ4n) is 3.02. The van der Waals surface area contributed by atoms with Crippen LogP contribution in [0.2, 0.25) is 0 Å². The van der Waals surface area contributed by atoms with Crippen molar-refractivity contribution in [1.29, 1.82) is 0 Å². The molecule has 0 saturated carbocycles. The Morgan fingerprint density at radius 1 is 1.11 bits per heavy atom. The summed E-state index contributed by atoms with van der Waals surface area (Å²) in [6.45, 7) is 3.50. The van der Waals surface area contributed by atoms with Gasteiger partial charge < -0.3 is 15.0 Å². The fraction of sp³-hybridized carbons (Fsp3) is 0.273. The number of esters is 1. The number of ether oxygens (including phenoxy) is 1. The maximum absolute atomic E-state index is 12.2. The molecule has 1 heterocycles. The first-order valence-electron chi connectivity index (χ1n) is 9.15. The summed E-state index contributed by atoms with van der Waals surface area (Å²) in [5.74, 6) is -0.684. The third-order valence-corrected chi connectivity index (χ3v) is 4.58. The van der Waals surface area contributed by atoms with Gasteiger partial charge in [-0.05, 0) is 49.9 Å². The van der Waals surface area contributed by atoms with Gasteiger partial charge in [-0.1, -0.05) is 36.4 Å². The van der Waals surface area contributed by atoms with E-state index in [1.807, 2.05) is 55.6 Å². The Balaban J connectivity index is 1.46. The summed E-state index contributed by atoms with van der Waals surface area (Å²) in [5, 5.41) is 3.97. The lowest BCUT2D eigenvalue weighted by Crippen LogP contribution is -2.30. The van der Waals surface area contributed by atoms with E-state index in [1.54, 1.807) is 6.92 Å². The molecule has 1 aromatic heterocycles. The smallest absolute Gasteiger partial charge is 0.306 e. The molecule has 0 aliphatic carbocycles. The fourth-order valence-corrected chi connectivity index (χ4v) is 3.02. The molecule has 0 saturated heterocycles. The first-order valence-corrected chi connectivity index (χ1v) is 9.15. The molecule has 27 heavy (non-hydrogen) atoms. The van der Waals surface area contributed by atoms with Gasteiger partial charge in [0, 0.05) is 29.2 Å². The minimum atomic E-state index is -0.829. The summed E-state index contributed by atoms with van der Waals surface area (Å²) in [6, 6.07) is 15.6. The van der Waals surface area contributed by atoms with E-state index in [-0.39, 0.29) is 18.3 Å². The first-order chi connectivity index (χ1) is 13.0. The number of hydrogen-bond donors (Lipinski definition) is 2. The Kier molecular flexibility index (Phi) is 5.91. The molecule has 0 radical (unpaired) electrons. The van der Waals surface area contributed by atoms with E-state index in [0.717, 1.165) is 23.2 Å². The second-order valence-corrected chi connectivity index (χ2v) is 6.65. The Morgan fingerprint density at radius 2 is 1.85 bits per heavy atom. The molecule has 2 N–H and O–H groups in total. The van der Waals surface area contributed by atoms with E-state index < -0.39 is 6.10 Å². The molecule has 5 nitrogen and oxygen atoms in total. The molecule has 0 aliphatic rings. The van der Waals surface area contributed by atoms with Crippen molar-refractivity contribution in [3.05, 3.63) is 65.9 Å². The minimum Gasteiger partial charge on any atom is -0.453 e. The van der Waals surface area contributed by atoms with Gasteiger partial charge in [-0.15, -0.1) is 0 Å². The van der Waals surface area contributed by atoms with E-state index in [2.05, 4.69) is 16.4 Å². The van der Waals surface area contributed by atoms with Gasteiger partial charge >= 0.3 is 5.97 Å². The Morgan fingerprint density at radius 3 is 2.67 bits per heavy atom. The first kappa shape index (κ1) is 18.7. The highest BCUT2D eigenvalue weighted by molar-refractivity contribution is 5.95. The van der Waals surface area contributed by atoms with Crippen molar-refractivity contribution in [2.75, 3.05) is 5.32 Å². The summed E-state index contributed by atoms with van der Waals surface area (Å²) in [6.07, 6.45) is 2.89. The summed E-state index contributed by atoms with van der Waals surface area (Å²) in [7, 11) is 0. The minimum absolute atomic E-state index is 0.279. The SMILES string of the molecule is Cc1ccccc1NC(=O)C(C)OC(=O)CCCc1c[nH]c2ccccc12.